The molecule has 0 N–H and O–H groups in total. The Morgan fingerprint density at radius 1 is 1.10 bits per heavy atom. The molecule has 2 aliphatic rings. The summed E-state index contributed by atoms with van der Waals surface area (Å²) in [5.74, 6) is -0.424. The lowest BCUT2D eigenvalue weighted by atomic mass is 10.0. The molecular formula is C17H14N2O2. The van der Waals surface area contributed by atoms with Crippen molar-refractivity contribution in [3.63, 3.8) is 0 Å². The van der Waals surface area contributed by atoms with Gasteiger partial charge in [-0.3, -0.25) is 0 Å². The van der Waals surface area contributed by atoms with E-state index in [4.69, 9.17) is 4.84 Å². The number of oxime groups is 1. The predicted octanol–water partition coefficient (Wildman–Crippen LogP) is 2.77. The van der Waals surface area contributed by atoms with Gasteiger partial charge in [0, 0.05) is 25.0 Å². The fourth-order valence-electron chi connectivity index (χ4n) is 2.04. The molecule has 4 nitrogen and oxygen atoms in total. The van der Waals surface area contributed by atoms with E-state index in [1.165, 1.54) is 0 Å². The van der Waals surface area contributed by atoms with Crippen molar-refractivity contribution in [2.75, 3.05) is 7.05 Å². The highest BCUT2D eigenvalue weighted by molar-refractivity contribution is 6.28. The van der Waals surface area contributed by atoms with Crippen molar-refractivity contribution in [2.24, 2.45) is 5.16 Å². The van der Waals surface area contributed by atoms with Crippen LogP contribution in [0.25, 0.3) is 0 Å². The molecule has 0 spiro atoms. The van der Waals surface area contributed by atoms with Crippen molar-refractivity contribution in [1.29, 1.82) is 0 Å². The molecular weight excluding hydrogens is 264 g/mol. The molecule has 0 aliphatic carbocycles. The normalized spacial score (nSPS) is 19.0. The minimum atomic E-state index is -0.424. The topological polar surface area (TPSA) is 41.9 Å². The molecule has 0 bridgehead atoms. The van der Waals surface area contributed by atoms with E-state index in [0.717, 1.165) is 11.1 Å². The van der Waals surface area contributed by atoms with E-state index >= 15 is 0 Å². The fourth-order valence-corrected chi connectivity index (χ4v) is 2.04. The SMILES string of the molecule is CN1C=CC(=C/C=C2\C(=O)ON=C2c2ccccc2)C=C1. The number of rotatable bonds is 2. The Labute approximate surface area is 123 Å². The second-order valence-corrected chi connectivity index (χ2v) is 4.73. The van der Waals surface area contributed by atoms with Gasteiger partial charge in [0.2, 0.25) is 0 Å². The quantitative estimate of drug-likeness (QED) is 0.617. The molecule has 2 heterocycles. The first kappa shape index (κ1) is 13.1. The average Bonchev–Trinajstić information content (AvgIpc) is 2.89. The van der Waals surface area contributed by atoms with Crippen LogP contribution in [0.4, 0.5) is 0 Å². The third kappa shape index (κ3) is 2.84. The van der Waals surface area contributed by atoms with E-state index in [1.807, 2.05) is 72.9 Å². The summed E-state index contributed by atoms with van der Waals surface area (Å²) < 4.78 is 0. The van der Waals surface area contributed by atoms with Crippen LogP contribution in [0.5, 0.6) is 0 Å². The molecule has 0 fully saturated rings. The highest BCUT2D eigenvalue weighted by atomic mass is 16.7. The van der Waals surface area contributed by atoms with Gasteiger partial charge >= 0.3 is 5.97 Å². The molecule has 0 aromatic heterocycles. The van der Waals surface area contributed by atoms with Gasteiger partial charge in [-0.2, -0.15) is 0 Å². The van der Waals surface area contributed by atoms with Gasteiger partial charge in [0.15, 0.2) is 0 Å². The molecule has 104 valence electrons. The molecule has 0 saturated carbocycles. The van der Waals surface area contributed by atoms with Crippen LogP contribution in [0, 0.1) is 0 Å². The van der Waals surface area contributed by atoms with Crippen LogP contribution in [-0.4, -0.2) is 23.6 Å². The smallest absolute Gasteiger partial charge is 0.357 e. The van der Waals surface area contributed by atoms with E-state index in [2.05, 4.69) is 5.16 Å². The van der Waals surface area contributed by atoms with E-state index in [0.29, 0.717) is 11.3 Å². The van der Waals surface area contributed by atoms with Crippen LogP contribution >= 0.6 is 0 Å². The van der Waals surface area contributed by atoms with Gasteiger partial charge in [-0.1, -0.05) is 41.6 Å². The number of hydrogen-bond acceptors (Lipinski definition) is 4. The molecule has 0 radical (unpaired) electrons. The zero-order valence-corrected chi connectivity index (χ0v) is 11.6. The monoisotopic (exact) mass is 278 g/mol. The molecule has 2 aliphatic heterocycles. The Morgan fingerprint density at radius 3 is 2.52 bits per heavy atom. The number of nitrogens with zero attached hydrogens (tertiary/aromatic N) is 2. The highest BCUT2D eigenvalue weighted by Crippen LogP contribution is 2.18. The summed E-state index contributed by atoms with van der Waals surface area (Å²) in [6, 6.07) is 9.52. The second kappa shape index (κ2) is 5.63. The summed E-state index contributed by atoms with van der Waals surface area (Å²) in [6.45, 7) is 0. The summed E-state index contributed by atoms with van der Waals surface area (Å²) in [7, 11) is 1.96. The Bertz CT molecular complexity index is 694. The average molecular weight is 278 g/mol. The van der Waals surface area contributed by atoms with Crippen LogP contribution in [0.1, 0.15) is 5.56 Å². The minimum Gasteiger partial charge on any atom is -0.357 e. The Morgan fingerprint density at radius 2 is 1.81 bits per heavy atom. The van der Waals surface area contributed by atoms with Gasteiger partial charge in [-0.05, 0) is 23.8 Å². The molecule has 3 rings (SSSR count). The van der Waals surface area contributed by atoms with E-state index in [1.54, 1.807) is 6.08 Å². The van der Waals surface area contributed by atoms with Crippen molar-refractivity contribution >= 4 is 11.7 Å². The lowest BCUT2D eigenvalue weighted by Crippen LogP contribution is -2.06. The summed E-state index contributed by atoms with van der Waals surface area (Å²) in [5, 5.41) is 3.87. The summed E-state index contributed by atoms with van der Waals surface area (Å²) in [4.78, 5) is 18.6. The first-order valence-electron chi connectivity index (χ1n) is 6.59. The van der Waals surface area contributed by atoms with Crippen molar-refractivity contribution in [3.8, 4) is 0 Å². The third-order valence-electron chi connectivity index (χ3n) is 3.19. The number of allylic oxidation sites excluding steroid dienone is 5. The Balaban J connectivity index is 1.90. The van der Waals surface area contributed by atoms with Gasteiger partial charge in [-0.15, -0.1) is 0 Å². The molecule has 21 heavy (non-hydrogen) atoms. The summed E-state index contributed by atoms with van der Waals surface area (Å²) >= 11 is 0. The van der Waals surface area contributed by atoms with Crippen LogP contribution in [0.15, 0.2) is 83.3 Å². The fraction of sp³-hybridized carbons (Fsp3) is 0.0588. The van der Waals surface area contributed by atoms with Gasteiger partial charge in [0.1, 0.15) is 5.71 Å². The first-order valence-corrected chi connectivity index (χ1v) is 6.59. The van der Waals surface area contributed by atoms with Crippen LogP contribution < -0.4 is 0 Å². The maximum atomic E-state index is 11.8. The largest absolute Gasteiger partial charge is 0.368 e. The Kier molecular flexibility index (Phi) is 3.51. The van der Waals surface area contributed by atoms with Gasteiger partial charge < -0.3 is 9.74 Å². The van der Waals surface area contributed by atoms with Gasteiger partial charge in [0.25, 0.3) is 0 Å². The second-order valence-electron chi connectivity index (χ2n) is 4.73. The number of carbonyl (C=O) groups is 1. The zero-order chi connectivity index (χ0) is 14.7. The van der Waals surface area contributed by atoms with Gasteiger partial charge in [0.05, 0.1) is 5.57 Å². The van der Waals surface area contributed by atoms with Crippen molar-refractivity contribution < 1.29 is 9.63 Å². The molecule has 0 saturated heterocycles. The molecule has 0 unspecified atom stereocenters. The number of benzene rings is 1. The Hall–Kier alpha value is -2.88. The maximum Gasteiger partial charge on any atom is 0.368 e. The predicted molar refractivity (Wildman–Crippen MR) is 81.3 cm³/mol. The van der Waals surface area contributed by atoms with Crippen molar-refractivity contribution in [3.05, 3.63) is 83.7 Å². The molecule has 1 aromatic rings. The minimum absolute atomic E-state index is 0.424. The maximum absolute atomic E-state index is 11.8. The lowest BCUT2D eigenvalue weighted by molar-refractivity contribution is -0.136. The number of hydrogen-bond donors (Lipinski definition) is 0. The van der Waals surface area contributed by atoms with Gasteiger partial charge in [-0.25, -0.2) is 4.79 Å². The zero-order valence-electron chi connectivity index (χ0n) is 11.6. The highest BCUT2D eigenvalue weighted by Gasteiger charge is 2.25. The van der Waals surface area contributed by atoms with Crippen LogP contribution in [0.2, 0.25) is 0 Å². The van der Waals surface area contributed by atoms with E-state index in [-0.39, 0.29) is 0 Å². The van der Waals surface area contributed by atoms with E-state index in [9.17, 15) is 4.79 Å². The summed E-state index contributed by atoms with van der Waals surface area (Å²) in [6.07, 6.45) is 11.5. The molecule has 1 aromatic carbocycles. The first-order chi connectivity index (χ1) is 10.2. The third-order valence-corrected chi connectivity index (χ3v) is 3.19. The molecule has 0 amide bonds. The standard InChI is InChI=1S/C17H14N2O2/c1-19-11-9-13(10-12-19)7-8-15-16(18-21-17(15)20)14-5-3-2-4-6-14/h2-12H,1H3/b15-8-. The number of carbonyl (C=O) groups excluding carboxylic acids is 1. The van der Waals surface area contributed by atoms with Crippen LogP contribution in [-0.2, 0) is 9.63 Å². The van der Waals surface area contributed by atoms with Crippen LogP contribution in [0.3, 0.4) is 0 Å². The lowest BCUT2D eigenvalue weighted by Gasteiger charge is -2.11. The summed E-state index contributed by atoms with van der Waals surface area (Å²) in [5.41, 5.74) is 2.91. The van der Waals surface area contributed by atoms with E-state index < -0.39 is 5.97 Å². The van der Waals surface area contributed by atoms with Crippen molar-refractivity contribution in [1.82, 2.24) is 4.90 Å². The molecule has 0 atom stereocenters. The molecule has 4 heteroatoms. The van der Waals surface area contributed by atoms with Crippen molar-refractivity contribution in [2.45, 2.75) is 0 Å².